The van der Waals surface area contributed by atoms with Crippen molar-refractivity contribution in [2.45, 2.75) is 76.9 Å². The van der Waals surface area contributed by atoms with Crippen molar-refractivity contribution in [1.29, 1.82) is 0 Å². The predicted octanol–water partition coefficient (Wildman–Crippen LogP) is 4.94. The SMILES string of the molecule is CCCCCC1=C(CCCCC)CC(CO)SC1. The van der Waals surface area contributed by atoms with Gasteiger partial charge in [-0.1, -0.05) is 50.7 Å². The van der Waals surface area contributed by atoms with Gasteiger partial charge in [-0.3, -0.25) is 0 Å². The fourth-order valence-corrected chi connectivity index (χ4v) is 3.83. The lowest BCUT2D eigenvalue weighted by atomic mass is 9.94. The first kappa shape index (κ1) is 16.1. The van der Waals surface area contributed by atoms with Crippen LogP contribution < -0.4 is 0 Å². The summed E-state index contributed by atoms with van der Waals surface area (Å²) in [4.78, 5) is 0. The summed E-state index contributed by atoms with van der Waals surface area (Å²) < 4.78 is 0. The van der Waals surface area contributed by atoms with E-state index in [0.29, 0.717) is 11.9 Å². The molecule has 0 aromatic heterocycles. The van der Waals surface area contributed by atoms with Gasteiger partial charge in [0, 0.05) is 11.0 Å². The van der Waals surface area contributed by atoms with Crippen molar-refractivity contribution >= 4 is 11.8 Å². The maximum Gasteiger partial charge on any atom is 0.0553 e. The van der Waals surface area contributed by atoms with Gasteiger partial charge in [-0.2, -0.15) is 11.8 Å². The van der Waals surface area contributed by atoms with Crippen LogP contribution in [0.2, 0.25) is 0 Å². The Labute approximate surface area is 117 Å². The van der Waals surface area contributed by atoms with Gasteiger partial charge in [0.25, 0.3) is 0 Å². The van der Waals surface area contributed by atoms with Crippen LogP contribution >= 0.6 is 11.8 Å². The van der Waals surface area contributed by atoms with E-state index >= 15 is 0 Å². The second kappa shape index (κ2) is 9.91. The smallest absolute Gasteiger partial charge is 0.0553 e. The summed E-state index contributed by atoms with van der Waals surface area (Å²) in [7, 11) is 0. The van der Waals surface area contributed by atoms with Crippen LogP contribution in [0.3, 0.4) is 0 Å². The van der Waals surface area contributed by atoms with Crippen molar-refractivity contribution in [3.05, 3.63) is 11.1 Å². The van der Waals surface area contributed by atoms with Gasteiger partial charge in [-0.15, -0.1) is 0 Å². The number of aliphatic hydroxyl groups excluding tert-OH is 1. The number of unbranched alkanes of at least 4 members (excludes halogenated alkanes) is 4. The second-order valence-electron chi connectivity index (χ2n) is 5.44. The molecular weight excluding hydrogens is 240 g/mol. The number of thioether (sulfide) groups is 1. The van der Waals surface area contributed by atoms with Crippen molar-refractivity contribution in [2.75, 3.05) is 12.4 Å². The summed E-state index contributed by atoms with van der Waals surface area (Å²) >= 11 is 1.96. The first-order chi connectivity index (χ1) is 8.81. The van der Waals surface area contributed by atoms with Gasteiger partial charge in [0.05, 0.1) is 6.61 Å². The van der Waals surface area contributed by atoms with E-state index < -0.39 is 0 Å². The van der Waals surface area contributed by atoms with Crippen molar-refractivity contribution < 1.29 is 5.11 Å². The zero-order chi connectivity index (χ0) is 13.2. The fraction of sp³-hybridized carbons (Fsp3) is 0.875. The minimum atomic E-state index is 0.351. The van der Waals surface area contributed by atoms with Crippen LogP contribution in [0.25, 0.3) is 0 Å². The molecule has 0 saturated heterocycles. The van der Waals surface area contributed by atoms with Gasteiger partial charge >= 0.3 is 0 Å². The average Bonchev–Trinajstić information content (AvgIpc) is 2.40. The van der Waals surface area contributed by atoms with Crippen molar-refractivity contribution in [3.63, 3.8) is 0 Å². The molecule has 1 N–H and O–H groups in total. The van der Waals surface area contributed by atoms with Gasteiger partial charge in [0.1, 0.15) is 0 Å². The first-order valence-electron chi connectivity index (χ1n) is 7.74. The molecule has 18 heavy (non-hydrogen) atoms. The van der Waals surface area contributed by atoms with E-state index in [0.717, 1.165) is 6.42 Å². The standard InChI is InChI=1S/C16H30OS/c1-3-5-7-9-14-11-16(12-17)18-13-15(14)10-8-6-4-2/h16-17H,3-13H2,1-2H3. The van der Waals surface area contributed by atoms with Crippen LogP contribution in [-0.2, 0) is 0 Å². The fourth-order valence-electron chi connectivity index (χ4n) is 2.62. The van der Waals surface area contributed by atoms with Crippen LogP contribution in [0.4, 0.5) is 0 Å². The Balaban J connectivity index is 2.50. The molecule has 0 aromatic rings. The molecule has 0 bridgehead atoms. The second-order valence-corrected chi connectivity index (χ2v) is 6.73. The Kier molecular flexibility index (Phi) is 8.87. The quantitative estimate of drug-likeness (QED) is 0.473. The minimum absolute atomic E-state index is 0.351. The highest BCUT2D eigenvalue weighted by Gasteiger charge is 2.20. The summed E-state index contributed by atoms with van der Waals surface area (Å²) in [5.41, 5.74) is 3.41. The van der Waals surface area contributed by atoms with Gasteiger partial charge in [0.15, 0.2) is 0 Å². The first-order valence-corrected chi connectivity index (χ1v) is 8.78. The lowest BCUT2D eigenvalue weighted by Gasteiger charge is -2.26. The molecule has 0 saturated carbocycles. The molecule has 2 heteroatoms. The summed E-state index contributed by atoms with van der Waals surface area (Å²) in [6.45, 7) is 4.89. The number of hydrogen-bond acceptors (Lipinski definition) is 2. The van der Waals surface area contributed by atoms with Crippen LogP contribution in [0.1, 0.15) is 71.6 Å². The molecule has 0 radical (unpaired) electrons. The minimum Gasteiger partial charge on any atom is -0.395 e. The summed E-state index contributed by atoms with van der Waals surface area (Å²) in [6.07, 6.45) is 11.8. The van der Waals surface area contributed by atoms with E-state index in [1.54, 1.807) is 11.1 Å². The maximum atomic E-state index is 9.34. The topological polar surface area (TPSA) is 20.2 Å². The highest BCUT2D eigenvalue weighted by atomic mass is 32.2. The van der Waals surface area contributed by atoms with Gasteiger partial charge < -0.3 is 5.11 Å². The number of allylic oxidation sites excluding steroid dienone is 1. The van der Waals surface area contributed by atoms with E-state index in [2.05, 4.69) is 13.8 Å². The molecule has 1 atom stereocenters. The van der Waals surface area contributed by atoms with Crippen LogP contribution in [-0.4, -0.2) is 22.7 Å². The van der Waals surface area contributed by atoms with Crippen molar-refractivity contribution in [1.82, 2.24) is 0 Å². The number of hydrogen-bond donors (Lipinski definition) is 1. The lowest BCUT2D eigenvalue weighted by Crippen LogP contribution is -2.17. The lowest BCUT2D eigenvalue weighted by molar-refractivity contribution is 0.292. The van der Waals surface area contributed by atoms with Gasteiger partial charge in [-0.05, 0) is 32.1 Å². The Morgan fingerprint density at radius 3 is 2.17 bits per heavy atom. The highest BCUT2D eigenvalue weighted by Crippen LogP contribution is 2.34. The molecule has 0 spiro atoms. The summed E-state index contributed by atoms with van der Waals surface area (Å²) in [6, 6.07) is 0. The molecule has 1 heterocycles. The molecule has 0 aliphatic carbocycles. The van der Waals surface area contributed by atoms with Gasteiger partial charge in [-0.25, -0.2) is 0 Å². The van der Waals surface area contributed by atoms with Gasteiger partial charge in [0.2, 0.25) is 0 Å². The molecular formula is C16H30OS. The van der Waals surface area contributed by atoms with E-state index in [1.807, 2.05) is 11.8 Å². The number of aliphatic hydroxyl groups is 1. The van der Waals surface area contributed by atoms with Crippen LogP contribution in [0, 0.1) is 0 Å². The molecule has 0 aromatic carbocycles. The average molecular weight is 270 g/mol. The maximum absolute atomic E-state index is 9.34. The normalized spacial score (nSPS) is 20.5. The van der Waals surface area contributed by atoms with Crippen LogP contribution in [0.5, 0.6) is 0 Å². The largest absolute Gasteiger partial charge is 0.395 e. The molecule has 1 aliphatic rings. The molecule has 1 rings (SSSR count). The zero-order valence-electron chi connectivity index (χ0n) is 12.2. The molecule has 1 unspecified atom stereocenters. The third-order valence-electron chi connectivity index (χ3n) is 3.84. The summed E-state index contributed by atoms with van der Waals surface area (Å²) in [5, 5.41) is 9.81. The van der Waals surface area contributed by atoms with E-state index in [9.17, 15) is 5.11 Å². The molecule has 1 aliphatic heterocycles. The van der Waals surface area contributed by atoms with E-state index in [4.69, 9.17) is 0 Å². The number of rotatable bonds is 9. The molecule has 0 amide bonds. The van der Waals surface area contributed by atoms with E-state index in [-0.39, 0.29) is 0 Å². The van der Waals surface area contributed by atoms with E-state index in [1.165, 1.54) is 57.1 Å². The van der Waals surface area contributed by atoms with Crippen LogP contribution in [0.15, 0.2) is 11.1 Å². The van der Waals surface area contributed by atoms with Crippen molar-refractivity contribution in [2.24, 2.45) is 0 Å². The zero-order valence-corrected chi connectivity index (χ0v) is 13.0. The Morgan fingerprint density at radius 1 is 1.00 bits per heavy atom. The Morgan fingerprint density at radius 2 is 1.61 bits per heavy atom. The molecule has 1 nitrogen and oxygen atoms in total. The molecule has 106 valence electrons. The molecule has 0 fully saturated rings. The monoisotopic (exact) mass is 270 g/mol. The third-order valence-corrected chi connectivity index (χ3v) is 5.14. The summed E-state index contributed by atoms with van der Waals surface area (Å²) in [5.74, 6) is 1.18. The third kappa shape index (κ3) is 5.79. The Hall–Kier alpha value is 0.0500. The Bertz CT molecular complexity index is 247. The van der Waals surface area contributed by atoms with Crippen molar-refractivity contribution in [3.8, 4) is 0 Å². The predicted molar refractivity (Wildman–Crippen MR) is 83.3 cm³/mol. The highest BCUT2D eigenvalue weighted by molar-refractivity contribution is 8.00.